The van der Waals surface area contributed by atoms with Crippen LogP contribution in [0.1, 0.15) is 55.7 Å². The summed E-state index contributed by atoms with van der Waals surface area (Å²) in [5, 5.41) is 0. The van der Waals surface area contributed by atoms with Crippen LogP contribution in [0.4, 0.5) is 0 Å². The number of carbonyl (C=O) groups excluding carboxylic acids is 1. The zero-order valence-corrected chi connectivity index (χ0v) is 17.6. The largest absolute Gasteiger partial charge is 0.493 e. The first kappa shape index (κ1) is 20.0. The fraction of sp³-hybridized carbons (Fsp3) is 0.480. The maximum Gasteiger partial charge on any atom is 0.161 e. The zero-order valence-electron chi connectivity index (χ0n) is 17.6. The van der Waals surface area contributed by atoms with Crippen LogP contribution >= 0.6 is 0 Å². The van der Waals surface area contributed by atoms with Crippen molar-refractivity contribution >= 4 is 5.78 Å². The Balaban J connectivity index is 1.69. The molecule has 1 unspecified atom stereocenters. The van der Waals surface area contributed by atoms with E-state index in [2.05, 4.69) is 36.1 Å². The Hall–Kier alpha value is -2.33. The second kappa shape index (κ2) is 8.58. The predicted molar refractivity (Wildman–Crippen MR) is 114 cm³/mol. The van der Waals surface area contributed by atoms with Gasteiger partial charge in [0.15, 0.2) is 11.5 Å². The van der Waals surface area contributed by atoms with E-state index < -0.39 is 0 Å². The molecule has 4 rings (SSSR count). The van der Waals surface area contributed by atoms with Gasteiger partial charge in [0, 0.05) is 25.9 Å². The van der Waals surface area contributed by atoms with Crippen LogP contribution in [0, 0.1) is 0 Å². The van der Waals surface area contributed by atoms with Gasteiger partial charge < -0.3 is 9.47 Å². The SMILES string of the molecule is CCCCC12CC(=O)CCN1CCc1cc(OCc3ccccc3)c(OC)cc12. The number of hydrogen-bond donors (Lipinski definition) is 0. The van der Waals surface area contributed by atoms with Crippen LogP contribution in [0.15, 0.2) is 42.5 Å². The molecule has 1 atom stereocenters. The first-order valence-corrected chi connectivity index (χ1v) is 10.8. The highest BCUT2D eigenvalue weighted by Crippen LogP contribution is 2.48. The van der Waals surface area contributed by atoms with Gasteiger partial charge in [-0.05, 0) is 41.7 Å². The van der Waals surface area contributed by atoms with E-state index in [0.29, 0.717) is 25.2 Å². The number of benzene rings is 2. The number of hydrogen-bond acceptors (Lipinski definition) is 4. The van der Waals surface area contributed by atoms with E-state index in [1.54, 1.807) is 7.11 Å². The fourth-order valence-electron chi connectivity index (χ4n) is 4.95. The number of Topliss-reactive ketones (excluding diaryl/α,β-unsaturated/α-hetero) is 1. The standard InChI is InChI=1S/C25H31NO3/c1-3-4-12-25-17-21(27)11-14-26(25)13-10-20-15-24(23(28-2)16-22(20)25)29-18-19-8-6-5-7-9-19/h5-9,15-16H,3-4,10-14,17-18H2,1-2H3. The number of rotatable bonds is 7. The summed E-state index contributed by atoms with van der Waals surface area (Å²) >= 11 is 0. The van der Waals surface area contributed by atoms with Gasteiger partial charge >= 0.3 is 0 Å². The van der Waals surface area contributed by atoms with Crippen LogP contribution < -0.4 is 9.47 Å². The number of carbonyl (C=O) groups is 1. The molecule has 2 aromatic carbocycles. The van der Waals surface area contributed by atoms with Crippen LogP contribution in [-0.4, -0.2) is 30.9 Å². The highest BCUT2D eigenvalue weighted by Gasteiger charge is 2.46. The molecule has 2 heterocycles. The molecule has 2 aliphatic heterocycles. The molecule has 1 saturated heterocycles. The molecule has 154 valence electrons. The van der Waals surface area contributed by atoms with E-state index in [1.807, 2.05) is 18.2 Å². The Morgan fingerprint density at radius 3 is 2.62 bits per heavy atom. The summed E-state index contributed by atoms with van der Waals surface area (Å²) in [7, 11) is 1.70. The Kier molecular flexibility index (Phi) is 5.91. The minimum Gasteiger partial charge on any atom is -0.493 e. The van der Waals surface area contributed by atoms with Gasteiger partial charge in [-0.15, -0.1) is 0 Å². The minimum atomic E-state index is -0.176. The van der Waals surface area contributed by atoms with E-state index in [0.717, 1.165) is 55.8 Å². The number of unbranched alkanes of at least 4 members (excludes halogenated alkanes) is 1. The van der Waals surface area contributed by atoms with Crippen molar-refractivity contribution in [1.82, 2.24) is 4.90 Å². The Morgan fingerprint density at radius 2 is 1.86 bits per heavy atom. The van der Waals surface area contributed by atoms with Gasteiger partial charge in [-0.2, -0.15) is 0 Å². The normalized spacial score (nSPS) is 21.4. The molecular weight excluding hydrogens is 362 g/mol. The summed E-state index contributed by atoms with van der Waals surface area (Å²) in [6.45, 7) is 4.61. The fourth-order valence-corrected chi connectivity index (χ4v) is 4.95. The van der Waals surface area contributed by atoms with Gasteiger partial charge in [-0.3, -0.25) is 9.69 Å². The third-order valence-corrected chi connectivity index (χ3v) is 6.48. The third-order valence-electron chi connectivity index (χ3n) is 6.48. The first-order valence-electron chi connectivity index (χ1n) is 10.8. The molecule has 4 heteroatoms. The highest BCUT2D eigenvalue weighted by molar-refractivity contribution is 5.81. The van der Waals surface area contributed by atoms with E-state index in [1.165, 1.54) is 11.1 Å². The maximum atomic E-state index is 12.5. The molecule has 0 amide bonds. The van der Waals surface area contributed by atoms with Gasteiger partial charge in [-0.1, -0.05) is 50.1 Å². The van der Waals surface area contributed by atoms with Crippen LogP contribution in [0.3, 0.4) is 0 Å². The van der Waals surface area contributed by atoms with Crippen molar-refractivity contribution < 1.29 is 14.3 Å². The molecule has 1 fully saturated rings. The maximum absolute atomic E-state index is 12.5. The number of piperidine rings is 1. The quantitative estimate of drug-likeness (QED) is 0.672. The van der Waals surface area contributed by atoms with Crippen LogP contribution in [-0.2, 0) is 23.4 Å². The van der Waals surface area contributed by atoms with E-state index in [4.69, 9.17) is 9.47 Å². The lowest BCUT2D eigenvalue weighted by Crippen LogP contribution is -2.55. The zero-order chi connectivity index (χ0) is 20.3. The van der Waals surface area contributed by atoms with Crippen molar-refractivity contribution in [3.05, 3.63) is 59.2 Å². The average molecular weight is 394 g/mol. The molecule has 0 radical (unpaired) electrons. The molecule has 0 aromatic heterocycles. The Morgan fingerprint density at radius 1 is 1.07 bits per heavy atom. The second-order valence-corrected chi connectivity index (χ2v) is 8.27. The van der Waals surface area contributed by atoms with Crippen molar-refractivity contribution in [3.8, 4) is 11.5 Å². The van der Waals surface area contributed by atoms with Crippen molar-refractivity contribution in [2.24, 2.45) is 0 Å². The van der Waals surface area contributed by atoms with Gasteiger partial charge in [0.1, 0.15) is 12.4 Å². The predicted octanol–water partition coefficient (Wildman–Crippen LogP) is 4.88. The monoisotopic (exact) mass is 393 g/mol. The summed E-state index contributed by atoms with van der Waals surface area (Å²) in [6.07, 6.45) is 5.57. The number of nitrogens with zero attached hydrogens (tertiary/aromatic N) is 1. The van der Waals surface area contributed by atoms with Crippen molar-refractivity contribution in [3.63, 3.8) is 0 Å². The molecule has 29 heavy (non-hydrogen) atoms. The molecule has 0 N–H and O–H groups in total. The van der Waals surface area contributed by atoms with Crippen molar-refractivity contribution in [2.75, 3.05) is 20.2 Å². The highest BCUT2D eigenvalue weighted by atomic mass is 16.5. The lowest BCUT2D eigenvalue weighted by atomic mass is 9.71. The molecular formula is C25H31NO3. The van der Waals surface area contributed by atoms with E-state index in [9.17, 15) is 4.79 Å². The van der Waals surface area contributed by atoms with Crippen LogP contribution in [0.5, 0.6) is 11.5 Å². The number of methoxy groups -OCH3 is 1. The Labute approximate surface area is 173 Å². The van der Waals surface area contributed by atoms with Gasteiger partial charge in [0.05, 0.1) is 12.6 Å². The van der Waals surface area contributed by atoms with Gasteiger partial charge in [-0.25, -0.2) is 0 Å². The summed E-state index contributed by atoms with van der Waals surface area (Å²) in [6, 6.07) is 14.5. The van der Waals surface area contributed by atoms with Crippen molar-refractivity contribution in [1.29, 1.82) is 0 Å². The topological polar surface area (TPSA) is 38.8 Å². The summed E-state index contributed by atoms with van der Waals surface area (Å²) < 4.78 is 11.9. The van der Waals surface area contributed by atoms with Gasteiger partial charge in [0.25, 0.3) is 0 Å². The van der Waals surface area contributed by atoms with E-state index in [-0.39, 0.29) is 5.54 Å². The smallest absolute Gasteiger partial charge is 0.161 e. The molecule has 0 spiro atoms. The lowest BCUT2D eigenvalue weighted by Gasteiger charge is -2.51. The molecule has 0 bridgehead atoms. The first-order chi connectivity index (χ1) is 14.2. The molecule has 2 aliphatic rings. The molecule has 0 aliphatic carbocycles. The number of fused-ring (bicyclic) bond motifs is 3. The molecule has 4 nitrogen and oxygen atoms in total. The minimum absolute atomic E-state index is 0.176. The number of ether oxygens (including phenoxy) is 2. The lowest BCUT2D eigenvalue weighted by molar-refractivity contribution is -0.128. The summed E-state index contributed by atoms with van der Waals surface area (Å²) in [4.78, 5) is 15.0. The third kappa shape index (κ3) is 3.91. The molecule has 2 aromatic rings. The van der Waals surface area contributed by atoms with Crippen LogP contribution in [0.2, 0.25) is 0 Å². The average Bonchev–Trinajstić information content (AvgIpc) is 2.76. The Bertz CT molecular complexity index is 864. The second-order valence-electron chi connectivity index (χ2n) is 8.27. The van der Waals surface area contributed by atoms with E-state index >= 15 is 0 Å². The van der Waals surface area contributed by atoms with Gasteiger partial charge in [0.2, 0.25) is 0 Å². The van der Waals surface area contributed by atoms with Crippen LogP contribution in [0.25, 0.3) is 0 Å². The summed E-state index contributed by atoms with van der Waals surface area (Å²) in [5.41, 5.74) is 3.53. The number of ketones is 1. The summed E-state index contributed by atoms with van der Waals surface area (Å²) in [5.74, 6) is 1.93. The van der Waals surface area contributed by atoms with Crippen molar-refractivity contribution in [2.45, 2.75) is 57.6 Å². The molecule has 0 saturated carbocycles.